The fraction of sp³-hybridized carbons (Fsp3) is 0.281. The maximum absolute atomic E-state index is 15.4. The molecule has 9 nitrogen and oxygen atoms in total. The number of fused-ring (bicyclic) bond motifs is 1. The zero-order chi connectivity index (χ0) is 31.1. The van der Waals surface area contributed by atoms with Gasteiger partial charge in [0.15, 0.2) is 5.65 Å². The van der Waals surface area contributed by atoms with Crippen LogP contribution in [0.25, 0.3) is 27.7 Å². The SMILES string of the molecule is CNC(=O)c1ccc(-c2ccnc3c2cc(C2=CCN(C(=O)OC(C)(C)C)CC2)n3S(=O)(=O)c2ccc(C)cc2)c(F)c1. The summed E-state index contributed by atoms with van der Waals surface area (Å²) < 4.78 is 50.5. The summed E-state index contributed by atoms with van der Waals surface area (Å²) in [6.45, 7) is 7.81. The van der Waals surface area contributed by atoms with E-state index in [1.807, 2.05) is 6.92 Å². The molecule has 2 amide bonds. The molecule has 0 spiro atoms. The standard InChI is InChI=1S/C32H33FN4O5S/c1-20-6-9-23(10-7-20)43(40,41)37-28(21-13-16-36(17-14-21)31(39)42-32(2,3)4)19-26-24(12-15-35-29(26)37)25-11-8-22(18-27(25)33)30(38)34-5/h6-13,15,18-19H,14,16-17H2,1-5H3,(H,34,38). The van der Waals surface area contributed by atoms with Crippen LogP contribution >= 0.6 is 0 Å². The second-order valence-electron chi connectivity index (χ2n) is 11.4. The molecule has 0 radical (unpaired) electrons. The number of nitrogens with one attached hydrogen (secondary N) is 1. The Morgan fingerprint density at radius 1 is 1.02 bits per heavy atom. The highest BCUT2D eigenvalue weighted by molar-refractivity contribution is 7.90. The van der Waals surface area contributed by atoms with Crippen LogP contribution in [0, 0.1) is 12.7 Å². The number of aryl methyl sites for hydroxylation is 1. The lowest BCUT2D eigenvalue weighted by atomic mass is 10.00. The first-order valence-electron chi connectivity index (χ1n) is 13.8. The molecule has 0 aliphatic carbocycles. The van der Waals surface area contributed by atoms with E-state index in [1.165, 1.54) is 29.3 Å². The summed E-state index contributed by atoms with van der Waals surface area (Å²) in [4.78, 5) is 30.8. The smallest absolute Gasteiger partial charge is 0.410 e. The predicted octanol–water partition coefficient (Wildman–Crippen LogP) is 5.77. The van der Waals surface area contributed by atoms with Crippen LogP contribution in [0.5, 0.6) is 0 Å². The summed E-state index contributed by atoms with van der Waals surface area (Å²) >= 11 is 0. The summed E-state index contributed by atoms with van der Waals surface area (Å²) in [5.74, 6) is -1.05. The Labute approximate surface area is 250 Å². The van der Waals surface area contributed by atoms with E-state index in [0.717, 1.165) is 11.6 Å². The van der Waals surface area contributed by atoms with Crippen LogP contribution in [0.15, 0.2) is 71.8 Å². The van der Waals surface area contributed by atoms with Gasteiger partial charge in [-0.05, 0) is 81.7 Å². The third-order valence-corrected chi connectivity index (χ3v) is 8.88. The van der Waals surface area contributed by atoms with E-state index < -0.39 is 33.4 Å². The number of carbonyl (C=O) groups excluding carboxylic acids is 2. The molecule has 1 aliphatic rings. The van der Waals surface area contributed by atoms with Gasteiger partial charge in [0, 0.05) is 42.8 Å². The van der Waals surface area contributed by atoms with Gasteiger partial charge in [0.2, 0.25) is 0 Å². The first kappa shape index (κ1) is 30.0. The van der Waals surface area contributed by atoms with Crippen molar-refractivity contribution in [3.63, 3.8) is 0 Å². The van der Waals surface area contributed by atoms with Gasteiger partial charge in [-0.3, -0.25) is 4.79 Å². The van der Waals surface area contributed by atoms with Gasteiger partial charge in [0.1, 0.15) is 11.4 Å². The van der Waals surface area contributed by atoms with Gasteiger partial charge < -0.3 is 15.0 Å². The van der Waals surface area contributed by atoms with Gasteiger partial charge in [0.05, 0.1) is 10.6 Å². The number of rotatable bonds is 5. The van der Waals surface area contributed by atoms with E-state index in [-0.39, 0.29) is 28.2 Å². The first-order valence-corrected chi connectivity index (χ1v) is 15.3. The van der Waals surface area contributed by atoms with Crippen molar-refractivity contribution in [2.75, 3.05) is 20.1 Å². The van der Waals surface area contributed by atoms with Crippen LogP contribution < -0.4 is 5.32 Å². The van der Waals surface area contributed by atoms with Gasteiger partial charge in [0.25, 0.3) is 15.9 Å². The maximum Gasteiger partial charge on any atom is 0.410 e. The quantitative estimate of drug-likeness (QED) is 0.310. The van der Waals surface area contributed by atoms with E-state index in [0.29, 0.717) is 35.2 Å². The lowest BCUT2D eigenvalue weighted by molar-refractivity contribution is 0.0270. The maximum atomic E-state index is 15.4. The molecule has 0 bridgehead atoms. The van der Waals surface area contributed by atoms with Crippen LogP contribution in [0.1, 0.15) is 48.8 Å². The minimum absolute atomic E-state index is 0.0805. The Balaban J connectivity index is 1.67. The molecule has 4 aromatic rings. The van der Waals surface area contributed by atoms with Crippen molar-refractivity contribution < 1.29 is 27.1 Å². The Kier molecular flexibility index (Phi) is 7.87. The van der Waals surface area contributed by atoms with Crippen LogP contribution in [0.3, 0.4) is 0 Å². The summed E-state index contributed by atoms with van der Waals surface area (Å²) in [5, 5.41) is 2.90. The molecular weight excluding hydrogens is 571 g/mol. The molecule has 0 saturated carbocycles. The largest absolute Gasteiger partial charge is 0.444 e. The van der Waals surface area contributed by atoms with Crippen LogP contribution in [-0.2, 0) is 14.8 Å². The molecule has 1 aliphatic heterocycles. The number of halogens is 1. The lowest BCUT2D eigenvalue weighted by Crippen LogP contribution is -2.39. The Hall–Kier alpha value is -4.51. The van der Waals surface area contributed by atoms with Crippen molar-refractivity contribution in [2.45, 2.75) is 44.6 Å². The van der Waals surface area contributed by atoms with Crippen molar-refractivity contribution in [3.05, 3.63) is 89.5 Å². The Morgan fingerprint density at radius 2 is 1.74 bits per heavy atom. The fourth-order valence-electron chi connectivity index (χ4n) is 5.01. The van der Waals surface area contributed by atoms with Crippen molar-refractivity contribution in [3.8, 4) is 11.1 Å². The van der Waals surface area contributed by atoms with Gasteiger partial charge in [-0.25, -0.2) is 26.6 Å². The topological polar surface area (TPSA) is 111 Å². The van der Waals surface area contributed by atoms with Gasteiger partial charge >= 0.3 is 6.09 Å². The lowest BCUT2D eigenvalue weighted by Gasteiger charge is -2.29. The molecule has 0 saturated heterocycles. The number of aromatic nitrogens is 2. The number of hydrogen-bond acceptors (Lipinski definition) is 6. The number of hydrogen-bond donors (Lipinski definition) is 1. The van der Waals surface area contributed by atoms with Crippen LogP contribution in [0.4, 0.5) is 9.18 Å². The molecule has 5 rings (SSSR count). The molecule has 224 valence electrons. The highest BCUT2D eigenvalue weighted by atomic mass is 32.2. The summed E-state index contributed by atoms with van der Waals surface area (Å²) in [6.07, 6.45) is 3.16. The molecule has 43 heavy (non-hydrogen) atoms. The van der Waals surface area contributed by atoms with Crippen molar-refractivity contribution in [1.29, 1.82) is 0 Å². The summed E-state index contributed by atoms with van der Waals surface area (Å²) in [6, 6.07) is 14.0. The van der Waals surface area contributed by atoms with Crippen molar-refractivity contribution in [1.82, 2.24) is 19.2 Å². The predicted molar refractivity (Wildman–Crippen MR) is 163 cm³/mol. The third kappa shape index (κ3) is 5.90. The number of benzene rings is 2. The molecule has 0 fully saturated rings. The number of pyridine rings is 1. The number of amides is 2. The highest BCUT2D eigenvalue weighted by Crippen LogP contribution is 2.37. The second-order valence-corrected chi connectivity index (χ2v) is 13.2. The van der Waals surface area contributed by atoms with Crippen LogP contribution in [-0.4, -0.2) is 60.0 Å². The fourth-order valence-corrected chi connectivity index (χ4v) is 6.50. The average Bonchev–Trinajstić information content (AvgIpc) is 3.37. The molecule has 0 atom stereocenters. The summed E-state index contributed by atoms with van der Waals surface area (Å²) in [5.41, 5.74) is 2.27. The first-order chi connectivity index (χ1) is 20.3. The van der Waals surface area contributed by atoms with E-state index in [4.69, 9.17) is 4.74 Å². The molecule has 0 unspecified atom stereocenters. The monoisotopic (exact) mass is 604 g/mol. The molecule has 2 aromatic carbocycles. The second kappa shape index (κ2) is 11.3. The van der Waals surface area contributed by atoms with Crippen LogP contribution in [0.2, 0.25) is 0 Å². The molecule has 11 heteroatoms. The normalized spacial score (nSPS) is 14.0. The Morgan fingerprint density at radius 3 is 2.35 bits per heavy atom. The van der Waals surface area contributed by atoms with Gasteiger partial charge in [-0.1, -0.05) is 29.8 Å². The Bertz CT molecular complexity index is 1870. The molecular formula is C32H33FN4O5S. The number of carbonyl (C=O) groups is 2. The number of nitrogens with zero attached hydrogens (tertiary/aromatic N) is 3. The number of ether oxygens (including phenoxy) is 1. The zero-order valence-corrected chi connectivity index (χ0v) is 25.5. The minimum atomic E-state index is -4.14. The molecule has 2 aromatic heterocycles. The highest BCUT2D eigenvalue weighted by Gasteiger charge is 2.30. The van der Waals surface area contributed by atoms with E-state index in [2.05, 4.69) is 10.3 Å². The molecule has 3 heterocycles. The third-order valence-electron chi connectivity index (χ3n) is 7.16. The minimum Gasteiger partial charge on any atom is -0.444 e. The van der Waals surface area contributed by atoms with Gasteiger partial charge in [-0.2, -0.15) is 0 Å². The molecule has 1 N–H and O–H groups in total. The summed E-state index contributed by atoms with van der Waals surface area (Å²) in [7, 11) is -2.68. The van der Waals surface area contributed by atoms with E-state index in [9.17, 15) is 18.0 Å². The zero-order valence-electron chi connectivity index (χ0n) is 24.6. The van der Waals surface area contributed by atoms with Gasteiger partial charge in [-0.15, -0.1) is 0 Å². The average molecular weight is 605 g/mol. The van der Waals surface area contributed by atoms with E-state index in [1.54, 1.807) is 68.1 Å². The van der Waals surface area contributed by atoms with E-state index >= 15 is 4.39 Å². The van der Waals surface area contributed by atoms with Crippen molar-refractivity contribution in [2.24, 2.45) is 0 Å². The van der Waals surface area contributed by atoms with Crippen molar-refractivity contribution >= 4 is 38.6 Å².